The van der Waals surface area contributed by atoms with Crippen LogP contribution in [-0.2, 0) is 4.74 Å². The van der Waals surface area contributed by atoms with Gasteiger partial charge in [0, 0.05) is 19.2 Å². The maximum absolute atomic E-state index is 5.93. The Hall–Kier alpha value is -1.07. The number of morpholine rings is 1. The Kier molecular flexibility index (Phi) is 4.47. The number of halogens is 1. The van der Waals surface area contributed by atoms with Crippen molar-refractivity contribution in [2.24, 2.45) is 0 Å². The number of aromatic nitrogens is 2. The summed E-state index contributed by atoms with van der Waals surface area (Å²) in [6.45, 7) is 8.14. The van der Waals surface area contributed by atoms with Gasteiger partial charge < -0.3 is 14.4 Å². The molecule has 1 unspecified atom stereocenters. The Morgan fingerprint density at radius 2 is 2.32 bits per heavy atom. The summed E-state index contributed by atoms with van der Waals surface area (Å²) >= 11 is 5.93. The van der Waals surface area contributed by atoms with Crippen LogP contribution in [-0.4, -0.2) is 47.2 Å². The van der Waals surface area contributed by atoms with Crippen LogP contribution < -0.4 is 9.64 Å². The van der Waals surface area contributed by atoms with Gasteiger partial charge in [-0.2, -0.15) is 0 Å². The molecular formula is C13H20ClN3O2. The second kappa shape index (κ2) is 5.92. The second-order valence-electron chi connectivity index (χ2n) is 5.18. The third kappa shape index (κ3) is 3.70. The highest BCUT2D eigenvalue weighted by Crippen LogP contribution is 2.26. The van der Waals surface area contributed by atoms with Gasteiger partial charge in [-0.15, -0.1) is 11.6 Å². The molecule has 1 atom stereocenters. The van der Waals surface area contributed by atoms with E-state index in [0.29, 0.717) is 18.4 Å². The maximum Gasteiger partial charge on any atom is 0.218 e. The number of hydrogen-bond acceptors (Lipinski definition) is 5. The molecule has 0 radical (unpaired) electrons. The van der Waals surface area contributed by atoms with Gasteiger partial charge in [0.2, 0.25) is 5.88 Å². The predicted molar refractivity (Wildman–Crippen MR) is 75.1 cm³/mol. The Labute approximate surface area is 118 Å². The minimum absolute atomic E-state index is 0.0101. The Balaban J connectivity index is 2.17. The van der Waals surface area contributed by atoms with Crippen molar-refractivity contribution in [3.63, 3.8) is 0 Å². The molecule has 1 saturated heterocycles. The lowest BCUT2D eigenvalue weighted by atomic mass is 10.1. The summed E-state index contributed by atoms with van der Waals surface area (Å²) in [6, 6.07) is 1.86. The molecule has 5 nitrogen and oxygen atoms in total. The van der Waals surface area contributed by atoms with Crippen LogP contribution in [0.5, 0.6) is 5.88 Å². The van der Waals surface area contributed by atoms with E-state index in [9.17, 15) is 0 Å². The molecule has 0 amide bonds. The van der Waals surface area contributed by atoms with Crippen LogP contribution in [0, 0.1) is 0 Å². The number of rotatable bonds is 4. The summed E-state index contributed by atoms with van der Waals surface area (Å²) in [6.07, 6.45) is 1.54. The quantitative estimate of drug-likeness (QED) is 0.793. The maximum atomic E-state index is 5.93. The molecule has 1 aromatic rings. The lowest BCUT2D eigenvalue weighted by Gasteiger charge is -2.42. The highest BCUT2D eigenvalue weighted by molar-refractivity contribution is 6.18. The molecule has 1 aliphatic rings. The molecule has 0 spiro atoms. The third-order valence-electron chi connectivity index (χ3n) is 2.90. The van der Waals surface area contributed by atoms with E-state index in [1.807, 2.05) is 13.0 Å². The molecule has 1 fully saturated rings. The molecular weight excluding hydrogens is 266 g/mol. The van der Waals surface area contributed by atoms with Crippen molar-refractivity contribution in [2.45, 2.75) is 32.5 Å². The van der Waals surface area contributed by atoms with E-state index >= 15 is 0 Å². The monoisotopic (exact) mass is 285 g/mol. The number of ether oxygens (including phenoxy) is 2. The van der Waals surface area contributed by atoms with Crippen molar-refractivity contribution in [1.29, 1.82) is 0 Å². The third-order valence-corrected chi connectivity index (χ3v) is 3.24. The Morgan fingerprint density at radius 1 is 1.53 bits per heavy atom. The number of anilines is 1. The van der Waals surface area contributed by atoms with Crippen LogP contribution in [0.2, 0.25) is 0 Å². The van der Waals surface area contributed by atoms with E-state index < -0.39 is 0 Å². The normalized spacial score (nSPS) is 22.3. The van der Waals surface area contributed by atoms with Gasteiger partial charge in [0.05, 0.1) is 24.2 Å². The van der Waals surface area contributed by atoms with E-state index in [0.717, 1.165) is 18.9 Å². The van der Waals surface area contributed by atoms with Gasteiger partial charge in [-0.1, -0.05) is 0 Å². The zero-order valence-electron chi connectivity index (χ0n) is 11.6. The Bertz CT molecular complexity index is 428. The summed E-state index contributed by atoms with van der Waals surface area (Å²) in [7, 11) is 0. The minimum atomic E-state index is -0.242. The molecule has 0 aromatic carbocycles. The van der Waals surface area contributed by atoms with Crippen molar-refractivity contribution in [3.05, 3.63) is 12.4 Å². The highest BCUT2D eigenvalue weighted by atomic mass is 35.5. The van der Waals surface area contributed by atoms with Gasteiger partial charge >= 0.3 is 0 Å². The van der Waals surface area contributed by atoms with E-state index in [4.69, 9.17) is 21.1 Å². The molecule has 6 heteroatoms. The summed E-state index contributed by atoms with van der Waals surface area (Å²) in [4.78, 5) is 10.6. The number of alkyl halides is 1. The zero-order valence-corrected chi connectivity index (χ0v) is 12.4. The smallest absolute Gasteiger partial charge is 0.218 e. The molecule has 0 aliphatic carbocycles. The van der Waals surface area contributed by atoms with Gasteiger partial charge in [0.15, 0.2) is 0 Å². The average Bonchev–Trinajstić information content (AvgIpc) is 2.37. The molecule has 0 bridgehead atoms. The minimum Gasteiger partial charge on any atom is -0.478 e. The first kappa shape index (κ1) is 14.3. The topological polar surface area (TPSA) is 47.5 Å². The molecule has 2 heterocycles. The van der Waals surface area contributed by atoms with E-state index in [-0.39, 0.29) is 11.7 Å². The molecule has 0 saturated carbocycles. The van der Waals surface area contributed by atoms with Crippen LogP contribution in [0.1, 0.15) is 20.8 Å². The van der Waals surface area contributed by atoms with E-state index in [2.05, 4.69) is 28.7 Å². The van der Waals surface area contributed by atoms with Gasteiger partial charge in [-0.3, -0.25) is 0 Å². The first-order valence-electron chi connectivity index (χ1n) is 6.47. The van der Waals surface area contributed by atoms with Gasteiger partial charge in [-0.05, 0) is 20.8 Å². The Morgan fingerprint density at radius 3 is 3.00 bits per heavy atom. The van der Waals surface area contributed by atoms with Crippen LogP contribution in [0.4, 0.5) is 5.82 Å². The fourth-order valence-electron chi connectivity index (χ4n) is 2.28. The zero-order chi connectivity index (χ0) is 13.9. The van der Waals surface area contributed by atoms with Gasteiger partial charge in [0.25, 0.3) is 0 Å². The fraction of sp³-hybridized carbons (Fsp3) is 0.692. The standard InChI is InChI=1S/C13H20ClN3O2/c1-4-18-12-5-11(15-9-16-12)17-7-10(6-14)19-13(2,3)8-17/h5,9-10H,4,6-8H2,1-3H3. The number of nitrogens with zero attached hydrogens (tertiary/aromatic N) is 3. The summed E-state index contributed by atoms with van der Waals surface area (Å²) in [5, 5.41) is 0. The lowest BCUT2D eigenvalue weighted by molar-refractivity contribution is -0.0736. The second-order valence-corrected chi connectivity index (χ2v) is 5.49. The molecule has 19 heavy (non-hydrogen) atoms. The molecule has 106 valence electrons. The predicted octanol–water partition coefficient (Wildman–Crippen LogP) is 2.10. The highest BCUT2D eigenvalue weighted by Gasteiger charge is 2.33. The van der Waals surface area contributed by atoms with Crippen molar-refractivity contribution in [1.82, 2.24) is 9.97 Å². The first-order valence-corrected chi connectivity index (χ1v) is 7.01. The summed E-state index contributed by atoms with van der Waals surface area (Å²) in [5.74, 6) is 1.92. The van der Waals surface area contributed by atoms with Crippen LogP contribution in [0.25, 0.3) is 0 Å². The molecule has 1 aliphatic heterocycles. The van der Waals surface area contributed by atoms with Crippen molar-refractivity contribution in [3.8, 4) is 5.88 Å². The van der Waals surface area contributed by atoms with Crippen LogP contribution in [0.15, 0.2) is 12.4 Å². The first-order chi connectivity index (χ1) is 9.04. The SMILES string of the molecule is CCOc1cc(N2CC(CCl)OC(C)(C)C2)ncn1. The summed E-state index contributed by atoms with van der Waals surface area (Å²) < 4.78 is 11.3. The summed E-state index contributed by atoms with van der Waals surface area (Å²) in [5.41, 5.74) is -0.242. The molecule has 0 N–H and O–H groups in total. The number of hydrogen-bond donors (Lipinski definition) is 0. The van der Waals surface area contributed by atoms with Crippen LogP contribution >= 0.6 is 11.6 Å². The lowest BCUT2D eigenvalue weighted by Crippen LogP contribution is -2.53. The molecule has 1 aromatic heterocycles. The largest absolute Gasteiger partial charge is 0.478 e. The van der Waals surface area contributed by atoms with Crippen LogP contribution in [0.3, 0.4) is 0 Å². The average molecular weight is 286 g/mol. The van der Waals surface area contributed by atoms with Gasteiger partial charge in [-0.25, -0.2) is 9.97 Å². The van der Waals surface area contributed by atoms with E-state index in [1.54, 1.807) is 0 Å². The van der Waals surface area contributed by atoms with Crippen molar-refractivity contribution >= 4 is 17.4 Å². The van der Waals surface area contributed by atoms with Crippen molar-refractivity contribution in [2.75, 3.05) is 30.5 Å². The van der Waals surface area contributed by atoms with Crippen molar-refractivity contribution < 1.29 is 9.47 Å². The molecule has 2 rings (SSSR count). The fourth-order valence-corrected chi connectivity index (χ4v) is 2.44. The van der Waals surface area contributed by atoms with Gasteiger partial charge in [0.1, 0.15) is 12.1 Å². The van der Waals surface area contributed by atoms with E-state index in [1.165, 1.54) is 6.33 Å².